The molecule has 126 valence electrons. The molecule has 0 saturated carbocycles. The smallest absolute Gasteiger partial charge is 0.337 e. The second-order valence-electron chi connectivity index (χ2n) is 6.06. The summed E-state index contributed by atoms with van der Waals surface area (Å²) in [5.74, 6) is -0.477. The first-order valence-corrected chi connectivity index (χ1v) is 8.46. The normalized spacial score (nSPS) is 18.0. The first-order chi connectivity index (χ1) is 11.5. The number of carbonyl (C=O) groups is 1. The van der Waals surface area contributed by atoms with E-state index in [2.05, 4.69) is 14.9 Å². The maximum absolute atomic E-state index is 11.0. The van der Waals surface area contributed by atoms with Crippen LogP contribution in [-0.2, 0) is 13.0 Å². The standard InChI is InChI=1S/C17H17Cl2N3O2/c18-15-7-21-8-16(19)14(15)10-22-2-1-11(9-22)3-12-4-13(17(23)24)6-20-5-12/h4-8,11H,1-3,9-10H2,(H,23,24). The molecule has 1 aliphatic heterocycles. The van der Waals surface area contributed by atoms with Crippen molar-refractivity contribution >= 4 is 29.2 Å². The number of hydrogen-bond donors (Lipinski definition) is 1. The molecule has 3 heterocycles. The summed E-state index contributed by atoms with van der Waals surface area (Å²) in [7, 11) is 0. The summed E-state index contributed by atoms with van der Waals surface area (Å²) in [5, 5.41) is 10.2. The van der Waals surface area contributed by atoms with Crippen LogP contribution in [0, 0.1) is 5.92 Å². The van der Waals surface area contributed by atoms with Gasteiger partial charge in [-0.2, -0.15) is 0 Å². The first kappa shape index (κ1) is 17.1. The topological polar surface area (TPSA) is 66.3 Å². The van der Waals surface area contributed by atoms with Crippen molar-refractivity contribution in [3.63, 3.8) is 0 Å². The molecule has 2 aromatic heterocycles. The van der Waals surface area contributed by atoms with E-state index in [9.17, 15) is 4.79 Å². The zero-order chi connectivity index (χ0) is 17.1. The van der Waals surface area contributed by atoms with Gasteiger partial charge in [0.15, 0.2) is 0 Å². The fraction of sp³-hybridized carbons (Fsp3) is 0.353. The van der Waals surface area contributed by atoms with E-state index in [-0.39, 0.29) is 5.56 Å². The number of carboxylic acid groups (broad SMARTS) is 1. The van der Waals surface area contributed by atoms with Gasteiger partial charge in [-0.3, -0.25) is 14.9 Å². The minimum Gasteiger partial charge on any atom is -0.478 e. The van der Waals surface area contributed by atoms with Gasteiger partial charge in [0.1, 0.15) is 0 Å². The number of carboxylic acids is 1. The molecule has 0 radical (unpaired) electrons. The minimum atomic E-state index is -0.945. The fourth-order valence-electron chi connectivity index (χ4n) is 3.09. The molecule has 2 aromatic rings. The Kier molecular flexibility index (Phi) is 5.33. The third-order valence-corrected chi connectivity index (χ3v) is 4.92. The van der Waals surface area contributed by atoms with Crippen molar-refractivity contribution < 1.29 is 9.90 Å². The van der Waals surface area contributed by atoms with Crippen LogP contribution in [0.15, 0.2) is 30.9 Å². The Balaban J connectivity index is 1.62. The molecule has 0 aromatic carbocycles. The van der Waals surface area contributed by atoms with Crippen LogP contribution in [0.5, 0.6) is 0 Å². The highest BCUT2D eigenvalue weighted by Crippen LogP contribution is 2.28. The molecule has 7 heteroatoms. The Bertz CT molecular complexity index is 734. The molecule has 0 bridgehead atoms. The van der Waals surface area contributed by atoms with Crippen LogP contribution in [0.3, 0.4) is 0 Å². The average molecular weight is 366 g/mol. The summed E-state index contributed by atoms with van der Waals surface area (Å²) < 4.78 is 0. The summed E-state index contributed by atoms with van der Waals surface area (Å²) in [4.78, 5) is 21.3. The van der Waals surface area contributed by atoms with Crippen LogP contribution in [0.25, 0.3) is 0 Å². The van der Waals surface area contributed by atoms with Gasteiger partial charge in [0.05, 0.1) is 15.6 Å². The molecule has 1 atom stereocenters. The maximum Gasteiger partial charge on any atom is 0.337 e. The van der Waals surface area contributed by atoms with Gasteiger partial charge in [-0.25, -0.2) is 4.79 Å². The number of rotatable bonds is 5. The number of nitrogens with zero attached hydrogens (tertiary/aromatic N) is 3. The summed E-state index contributed by atoms with van der Waals surface area (Å²) in [5.41, 5.74) is 2.10. The van der Waals surface area contributed by atoms with E-state index in [1.807, 2.05) is 0 Å². The second kappa shape index (κ2) is 7.47. The highest BCUT2D eigenvalue weighted by atomic mass is 35.5. The molecule has 0 aliphatic carbocycles. The lowest BCUT2D eigenvalue weighted by atomic mass is 9.99. The summed E-state index contributed by atoms with van der Waals surface area (Å²) >= 11 is 12.4. The Morgan fingerprint density at radius 1 is 1.21 bits per heavy atom. The van der Waals surface area contributed by atoms with Gasteiger partial charge >= 0.3 is 5.97 Å². The lowest BCUT2D eigenvalue weighted by molar-refractivity contribution is 0.0696. The summed E-state index contributed by atoms with van der Waals surface area (Å²) in [6.07, 6.45) is 8.21. The van der Waals surface area contributed by atoms with E-state index >= 15 is 0 Å². The number of aromatic carboxylic acids is 1. The summed E-state index contributed by atoms with van der Waals surface area (Å²) in [6, 6.07) is 1.70. The van der Waals surface area contributed by atoms with Crippen LogP contribution < -0.4 is 0 Å². The largest absolute Gasteiger partial charge is 0.478 e. The molecule has 1 N–H and O–H groups in total. The van der Waals surface area contributed by atoms with Crippen molar-refractivity contribution in [2.45, 2.75) is 19.4 Å². The molecule has 3 rings (SSSR count). The summed E-state index contributed by atoms with van der Waals surface area (Å²) in [6.45, 7) is 2.59. The monoisotopic (exact) mass is 365 g/mol. The van der Waals surface area contributed by atoms with E-state index in [1.54, 1.807) is 24.7 Å². The van der Waals surface area contributed by atoms with E-state index in [0.717, 1.165) is 37.1 Å². The molecule has 1 aliphatic rings. The zero-order valence-corrected chi connectivity index (χ0v) is 14.5. The van der Waals surface area contributed by atoms with Crippen LogP contribution >= 0.6 is 23.2 Å². The molecular weight excluding hydrogens is 349 g/mol. The highest BCUT2D eigenvalue weighted by Gasteiger charge is 2.24. The van der Waals surface area contributed by atoms with Gasteiger partial charge in [-0.15, -0.1) is 0 Å². The average Bonchev–Trinajstić information content (AvgIpc) is 2.98. The van der Waals surface area contributed by atoms with Crippen molar-refractivity contribution in [1.82, 2.24) is 14.9 Å². The molecule has 1 saturated heterocycles. The van der Waals surface area contributed by atoms with Gasteiger partial charge in [-0.1, -0.05) is 23.2 Å². The van der Waals surface area contributed by atoms with Crippen molar-refractivity contribution in [2.24, 2.45) is 5.92 Å². The van der Waals surface area contributed by atoms with Crippen molar-refractivity contribution in [3.8, 4) is 0 Å². The van der Waals surface area contributed by atoms with E-state index in [4.69, 9.17) is 28.3 Å². The number of halogens is 2. The molecule has 5 nitrogen and oxygen atoms in total. The quantitative estimate of drug-likeness (QED) is 0.877. The maximum atomic E-state index is 11.0. The van der Waals surface area contributed by atoms with Gasteiger partial charge in [0, 0.05) is 43.4 Å². The van der Waals surface area contributed by atoms with Gasteiger partial charge in [0.2, 0.25) is 0 Å². The Labute approximate surface area is 150 Å². The predicted molar refractivity (Wildman–Crippen MR) is 92.5 cm³/mol. The van der Waals surface area contributed by atoms with Crippen molar-refractivity contribution in [3.05, 3.63) is 57.6 Å². The number of likely N-dealkylation sites (tertiary alicyclic amines) is 1. The second-order valence-corrected chi connectivity index (χ2v) is 6.88. The molecule has 0 amide bonds. The Hall–Kier alpha value is -1.69. The first-order valence-electron chi connectivity index (χ1n) is 7.70. The molecule has 24 heavy (non-hydrogen) atoms. The molecule has 1 unspecified atom stereocenters. The molecular formula is C17H17Cl2N3O2. The van der Waals surface area contributed by atoms with Crippen LogP contribution in [0.4, 0.5) is 0 Å². The number of pyridine rings is 2. The molecule has 0 spiro atoms. The fourth-order valence-corrected chi connectivity index (χ4v) is 3.57. The van der Waals surface area contributed by atoms with Gasteiger partial charge in [-0.05, 0) is 36.9 Å². The van der Waals surface area contributed by atoms with Gasteiger partial charge < -0.3 is 5.11 Å². The lowest BCUT2D eigenvalue weighted by Crippen LogP contribution is -2.21. The van der Waals surface area contributed by atoms with E-state index < -0.39 is 5.97 Å². The van der Waals surface area contributed by atoms with Crippen LogP contribution in [0.1, 0.15) is 27.9 Å². The zero-order valence-electron chi connectivity index (χ0n) is 13.0. The van der Waals surface area contributed by atoms with Crippen molar-refractivity contribution in [1.29, 1.82) is 0 Å². The van der Waals surface area contributed by atoms with Gasteiger partial charge in [0.25, 0.3) is 0 Å². The van der Waals surface area contributed by atoms with Crippen LogP contribution in [-0.4, -0.2) is 39.0 Å². The van der Waals surface area contributed by atoms with Crippen molar-refractivity contribution in [2.75, 3.05) is 13.1 Å². The van der Waals surface area contributed by atoms with E-state index in [1.165, 1.54) is 6.20 Å². The Morgan fingerprint density at radius 3 is 2.62 bits per heavy atom. The van der Waals surface area contributed by atoms with E-state index in [0.29, 0.717) is 22.5 Å². The lowest BCUT2D eigenvalue weighted by Gasteiger charge is -2.17. The third-order valence-electron chi connectivity index (χ3n) is 4.27. The molecule has 1 fully saturated rings. The number of hydrogen-bond acceptors (Lipinski definition) is 4. The Morgan fingerprint density at radius 2 is 1.92 bits per heavy atom. The predicted octanol–water partition coefficient (Wildman–Crippen LogP) is 3.55. The highest BCUT2D eigenvalue weighted by molar-refractivity contribution is 6.35. The van der Waals surface area contributed by atoms with Crippen LogP contribution in [0.2, 0.25) is 10.0 Å². The third kappa shape index (κ3) is 4.04. The minimum absolute atomic E-state index is 0.234. The number of aromatic nitrogens is 2. The SMILES string of the molecule is O=C(O)c1cncc(CC2CCN(Cc3c(Cl)cncc3Cl)C2)c1.